The summed E-state index contributed by atoms with van der Waals surface area (Å²) in [6.07, 6.45) is 0. The van der Waals surface area contributed by atoms with Crippen molar-refractivity contribution in [3.63, 3.8) is 0 Å². The fourth-order valence-electron chi connectivity index (χ4n) is 1.64. The van der Waals surface area contributed by atoms with Crippen LogP contribution in [-0.4, -0.2) is 15.7 Å². The van der Waals surface area contributed by atoms with Crippen molar-refractivity contribution in [1.82, 2.24) is 9.78 Å². The molecule has 0 amide bonds. The van der Waals surface area contributed by atoms with Crippen LogP contribution < -0.4 is 0 Å². The highest BCUT2D eigenvalue weighted by molar-refractivity contribution is 6.33. The maximum absolute atomic E-state index is 13.6. The maximum Gasteiger partial charge on any atom is 0.282 e. The number of aryl methyl sites for hydroxylation is 2. The smallest absolute Gasteiger partial charge is 0.267 e. The van der Waals surface area contributed by atoms with E-state index in [9.17, 15) is 9.18 Å². The summed E-state index contributed by atoms with van der Waals surface area (Å²) in [5.41, 5.74) is 1.19. The van der Waals surface area contributed by atoms with Gasteiger partial charge in [-0.2, -0.15) is 5.10 Å². The predicted molar refractivity (Wildman–Crippen MR) is 62.8 cm³/mol. The SMILES string of the molecule is Cc1cc(C)n(C(=O)c2c(F)cccc2Cl)n1. The van der Waals surface area contributed by atoms with Gasteiger partial charge in [-0.15, -0.1) is 0 Å². The number of nitrogens with zero attached hydrogens (tertiary/aromatic N) is 2. The lowest BCUT2D eigenvalue weighted by atomic mass is 10.2. The third kappa shape index (κ3) is 2.08. The Hall–Kier alpha value is -1.68. The fourth-order valence-corrected chi connectivity index (χ4v) is 1.89. The second-order valence-corrected chi connectivity index (χ2v) is 4.15. The Morgan fingerprint density at radius 2 is 2.12 bits per heavy atom. The van der Waals surface area contributed by atoms with Crippen LogP contribution >= 0.6 is 11.6 Å². The number of rotatable bonds is 1. The molecular formula is C12H10ClFN2O. The summed E-state index contributed by atoms with van der Waals surface area (Å²) >= 11 is 5.83. The molecule has 88 valence electrons. The lowest BCUT2D eigenvalue weighted by Gasteiger charge is -2.06. The molecule has 1 heterocycles. The van der Waals surface area contributed by atoms with E-state index in [1.165, 1.54) is 18.2 Å². The number of hydrogen-bond donors (Lipinski definition) is 0. The summed E-state index contributed by atoms with van der Waals surface area (Å²) in [5, 5.41) is 4.10. The first-order valence-electron chi connectivity index (χ1n) is 5.02. The molecule has 0 saturated heterocycles. The van der Waals surface area contributed by atoms with Crippen molar-refractivity contribution >= 4 is 17.5 Å². The zero-order valence-electron chi connectivity index (χ0n) is 9.37. The number of aromatic nitrogens is 2. The topological polar surface area (TPSA) is 34.9 Å². The minimum absolute atomic E-state index is 0.0857. The molecule has 17 heavy (non-hydrogen) atoms. The molecule has 0 atom stereocenters. The van der Waals surface area contributed by atoms with Gasteiger partial charge in [0.1, 0.15) is 5.82 Å². The minimum atomic E-state index is -0.643. The summed E-state index contributed by atoms with van der Waals surface area (Å²) in [6.45, 7) is 3.49. The van der Waals surface area contributed by atoms with E-state index in [1.54, 1.807) is 19.9 Å². The fraction of sp³-hybridized carbons (Fsp3) is 0.167. The van der Waals surface area contributed by atoms with Gasteiger partial charge in [-0.25, -0.2) is 9.07 Å². The van der Waals surface area contributed by atoms with Crippen LogP contribution in [0.5, 0.6) is 0 Å². The van der Waals surface area contributed by atoms with E-state index in [0.717, 1.165) is 4.68 Å². The van der Waals surface area contributed by atoms with Crippen LogP contribution in [0.25, 0.3) is 0 Å². The Morgan fingerprint density at radius 3 is 2.65 bits per heavy atom. The Morgan fingerprint density at radius 1 is 1.41 bits per heavy atom. The second kappa shape index (κ2) is 4.30. The standard InChI is InChI=1S/C12H10ClFN2O/c1-7-6-8(2)16(15-7)12(17)11-9(13)4-3-5-10(11)14/h3-6H,1-2H3. The van der Waals surface area contributed by atoms with Gasteiger partial charge in [0.15, 0.2) is 0 Å². The summed E-state index contributed by atoms with van der Waals surface area (Å²) in [7, 11) is 0. The number of hydrogen-bond acceptors (Lipinski definition) is 2. The molecule has 3 nitrogen and oxygen atoms in total. The molecule has 0 saturated carbocycles. The maximum atomic E-state index is 13.6. The number of carbonyl (C=O) groups excluding carboxylic acids is 1. The molecule has 0 radical (unpaired) electrons. The Bertz CT molecular complexity index is 572. The third-order valence-corrected chi connectivity index (χ3v) is 2.69. The molecule has 0 unspecified atom stereocenters. The molecule has 0 spiro atoms. The zero-order valence-corrected chi connectivity index (χ0v) is 10.1. The molecule has 0 aliphatic carbocycles. The van der Waals surface area contributed by atoms with Gasteiger partial charge >= 0.3 is 0 Å². The van der Waals surface area contributed by atoms with Crippen LogP contribution in [0.2, 0.25) is 5.02 Å². The summed E-state index contributed by atoms with van der Waals surface area (Å²) < 4.78 is 14.7. The number of benzene rings is 1. The first-order valence-corrected chi connectivity index (χ1v) is 5.40. The average molecular weight is 253 g/mol. The van der Waals surface area contributed by atoms with E-state index in [0.29, 0.717) is 11.4 Å². The van der Waals surface area contributed by atoms with Gasteiger partial charge < -0.3 is 0 Å². The van der Waals surface area contributed by atoms with E-state index in [2.05, 4.69) is 5.10 Å². The van der Waals surface area contributed by atoms with Crippen LogP contribution in [0.15, 0.2) is 24.3 Å². The van der Waals surface area contributed by atoms with E-state index in [-0.39, 0.29) is 10.6 Å². The highest BCUT2D eigenvalue weighted by Gasteiger charge is 2.19. The number of carbonyl (C=O) groups is 1. The number of halogens is 2. The lowest BCUT2D eigenvalue weighted by molar-refractivity contribution is 0.0938. The van der Waals surface area contributed by atoms with Crippen LogP contribution in [0.3, 0.4) is 0 Å². The molecule has 1 aromatic carbocycles. The highest BCUT2D eigenvalue weighted by Crippen LogP contribution is 2.20. The van der Waals surface area contributed by atoms with Gasteiger partial charge in [0.25, 0.3) is 5.91 Å². The van der Waals surface area contributed by atoms with Crippen molar-refractivity contribution in [3.05, 3.63) is 52.1 Å². The Balaban J connectivity index is 2.55. The molecular weight excluding hydrogens is 243 g/mol. The molecule has 2 aromatic rings. The molecule has 0 N–H and O–H groups in total. The lowest BCUT2D eigenvalue weighted by Crippen LogP contribution is -2.17. The second-order valence-electron chi connectivity index (χ2n) is 3.74. The molecule has 1 aromatic heterocycles. The molecule has 0 aliphatic heterocycles. The minimum Gasteiger partial charge on any atom is -0.267 e. The van der Waals surface area contributed by atoms with Gasteiger partial charge in [0.2, 0.25) is 0 Å². The Labute approximate surface area is 103 Å². The molecule has 0 aliphatic rings. The van der Waals surface area contributed by atoms with Crippen LogP contribution in [0, 0.1) is 19.7 Å². The van der Waals surface area contributed by atoms with Crippen molar-refractivity contribution in [1.29, 1.82) is 0 Å². The van der Waals surface area contributed by atoms with Gasteiger partial charge in [-0.1, -0.05) is 17.7 Å². The van der Waals surface area contributed by atoms with Gasteiger partial charge in [-0.05, 0) is 32.0 Å². The van der Waals surface area contributed by atoms with Crippen molar-refractivity contribution < 1.29 is 9.18 Å². The summed E-state index contributed by atoms with van der Waals surface area (Å²) in [6, 6.07) is 5.87. The van der Waals surface area contributed by atoms with Crippen molar-refractivity contribution in [2.75, 3.05) is 0 Å². The van der Waals surface area contributed by atoms with E-state index in [1.807, 2.05) is 0 Å². The van der Waals surface area contributed by atoms with Crippen LogP contribution in [0.1, 0.15) is 21.7 Å². The van der Waals surface area contributed by atoms with Crippen molar-refractivity contribution in [2.24, 2.45) is 0 Å². The largest absolute Gasteiger partial charge is 0.282 e. The van der Waals surface area contributed by atoms with E-state index >= 15 is 0 Å². The average Bonchev–Trinajstić information content (AvgIpc) is 2.57. The first-order chi connectivity index (χ1) is 8.00. The third-order valence-electron chi connectivity index (χ3n) is 2.38. The quantitative estimate of drug-likeness (QED) is 0.782. The normalized spacial score (nSPS) is 10.6. The molecule has 2 rings (SSSR count). The highest BCUT2D eigenvalue weighted by atomic mass is 35.5. The van der Waals surface area contributed by atoms with E-state index < -0.39 is 11.7 Å². The van der Waals surface area contributed by atoms with Crippen molar-refractivity contribution in [2.45, 2.75) is 13.8 Å². The predicted octanol–water partition coefficient (Wildman–Crippen LogP) is 2.98. The molecule has 0 fully saturated rings. The van der Waals surface area contributed by atoms with Crippen molar-refractivity contribution in [3.8, 4) is 0 Å². The zero-order chi connectivity index (χ0) is 12.6. The first kappa shape index (κ1) is 11.8. The monoisotopic (exact) mass is 252 g/mol. The molecule has 0 bridgehead atoms. The van der Waals surface area contributed by atoms with Crippen LogP contribution in [0.4, 0.5) is 4.39 Å². The Kier molecular flexibility index (Phi) is 2.98. The van der Waals surface area contributed by atoms with Gasteiger partial charge in [-0.3, -0.25) is 4.79 Å². The molecule has 5 heteroatoms. The van der Waals surface area contributed by atoms with Gasteiger partial charge in [0.05, 0.1) is 16.3 Å². The van der Waals surface area contributed by atoms with Crippen LogP contribution in [-0.2, 0) is 0 Å². The summed E-state index contributed by atoms with van der Waals surface area (Å²) in [4.78, 5) is 12.1. The van der Waals surface area contributed by atoms with E-state index in [4.69, 9.17) is 11.6 Å². The summed E-state index contributed by atoms with van der Waals surface area (Å²) in [5.74, 6) is -1.20. The van der Waals surface area contributed by atoms with Gasteiger partial charge in [0, 0.05) is 5.69 Å².